The molecule has 1 aromatic carbocycles. The Morgan fingerprint density at radius 1 is 1.26 bits per heavy atom. The van der Waals surface area contributed by atoms with Crippen LogP contribution in [0.25, 0.3) is 0 Å². The molecule has 0 fully saturated rings. The van der Waals surface area contributed by atoms with Gasteiger partial charge in [-0.3, -0.25) is 4.68 Å². The van der Waals surface area contributed by atoms with Crippen molar-refractivity contribution in [1.82, 2.24) is 9.78 Å². The van der Waals surface area contributed by atoms with E-state index < -0.39 is 11.6 Å². The molecule has 5 heteroatoms. The molecule has 0 bridgehead atoms. The second-order valence-corrected chi connectivity index (χ2v) is 4.73. The predicted octanol–water partition coefficient (Wildman–Crippen LogP) is 2.20. The van der Waals surface area contributed by atoms with Crippen LogP contribution in [0, 0.1) is 11.6 Å². The Hall–Kier alpha value is -1.75. The molecule has 19 heavy (non-hydrogen) atoms. The van der Waals surface area contributed by atoms with Gasteiger partial charge in [-0.1, -0.05) is 0 Å². The van der Waals surface area contributed by atoms with Crippen molar-refractivity contribution in [2.24, 2.45) is 12.8 Å². The Kier molecular flexibility index (Phi) is 4.27. The topological polar surface area (TPSA) is 43.8 Å². The van der Waals surface area contributed by atoms with E-state index in [4.69, 9.17) is 5.73 Å². The largest absolute Gasteiger partial charge is 0.327 e. The van der Waals surface area contributed by atoms with Gasteiger partial charge in [0, 0.05) is 31.0 Å². The summed E-state index contributed by atoms with van der Waals surface area (Å²) in [5.74, 6) is -1.12. The molecule has 2 aromatic rings. The molecule has 3 nitrogen and oxygen atoms in total. The molecule has 0 amide bonds. The Balaban J connectivity index is 1.90. The molecule has 1 aromatic heterocycles. The normalized spacial score (nSPS) is 12.6. The minimum absolute atomic E-state index is 0.129. The molecule has 1 heterocycles. The van der Waals surface area contributed by atoms with Crippen LogP contribution < -0.4 is 5.73 Å². The monoisotopic (exact) mass is 265 g/mol. The zero-order chi connectivity index (χ0) is 13.8. The molecular weight excluding hydrogens is 248 g/mol. The van der Waals surface area contributed by atoms with E-state index in [9.17, 15) is 8.78 Å². The van der Waals surface area contributed by atoms with Crippen molar-refractivity contribution in [3.8, 4) is 0 Å². The molecule has 0 saturated heterocycles. The van der Waals surface area contributed by atoms with E-state index in [0.29, 0.717) is 12.0 Å². The average Bonchev–Trinajstić information content (AvgIpc) is 2.71. The van der Waals surface area contributed by atoms with Crippen LogP contribution in [-0.2, 0) is 19.9 Å². The van der Waals surface area contributed by atoms with Gasteiger partial charge in [0.15, 0.2) is 0 Å². The predicted molar refractivity (Wildman–Crippen MR) is 69.6 cm³/mol. The van der Waals surface area contributed by atoms with Crippen molar-refractivity contribution < 1.29 is 8.78 Å². The van der Waals surface area contributed by atoms with E-state index in [1.807, 2.05) is 13.1 Å². The molecule has 1 unspecified atom stereocenters. The summed E-state index contributed by atoms with van der Waals surface area (Å²) < 4.78 is 27.9. The zero-order valence-electron chi connectivity index (χ0n) is 10.8. The first-order valence-corrected chi connectivity index (χ1v) is 6.22. The van der Waals surface area contributed by atoms with Gasteiger partial charge in [-0.15, -0.1) is 0 Å². The lowest BCUT2D eigenvalue weighted by molar-refractivity contribution is 0.563. The maximum absolute atomic E-state index is 13.0. The fraction of sp³-hybridized carbons (Fsp3) is 0.357. The van der Waals surface area contributed by atoms with Crippen LogP contribution in [0.1, 0.15) is 17.7 Å². The number of rotatable bonds is 5. The van der Waals surface area contributed by atoms with Gasteiger partial charge < -0.3 is 5.73 Å². The quantitative estimate of drug-likeness (QED) is 0.900. The second kappa shape index (κ2) is 5.93. The van der Waals surface area contributed by atoms with Gasteiger partial charge in [0.05, 0.1) is 0 Å². The van der Waals surface area contributed by atoms with Crippen molar-refractivity contribution in [2.75, 3.05) is 0 Å². The number of hydrogen-bond acceptors (Lipinski definition) is 2. The second-order valence-electron chi connectivity index (χ2n) is 4.73. The van der Waals surface area contributed by atoms with Gasteiger partial charge in [-0.05, 0) is 43.0 Å². The molecule has 2 rings (SSSR count). The number of halogens is 2. The number of nitrogens with zero attached hydrogens (tertiary/aromatic N) is 2. The molecule has 0 radical (unpaired) electrons. The first-order valence-electron chi connectivity index (χ1n) is 6.22. The van der Waals surface area contributed by atoms with E-state index in [1.54, 1.807) is 10.9 Å². The van der Waals surface area contributed by atoms with Crippen LogP contribution in [0.3, 0.4) is 0 Å². The summed E-state index contributed by atoms with van der Waals surface area (Å²) in [5, 5.41) is 4.08. The van der Waals surface area contributed by atoms with Gasteiger partial charge in [0.1, 0.15) is 11.6 Å². The van der Waals surface area contributed by atoms with Crippen molar-refractivity contribution in [3.63, 3.8) is 0 Å². The summed E-state index contributed by atoms with van der Waals surface area (Å²) in [7, 11) is 1.88. The number of aryl methyl sites for hydroxylation is 2. The lowest BCUT2D eigenvalue weighted by atomic mass is 10.0. The SMILES string of the molecule is Cn1nccc1CCC(N)Cc1cc(F)cc(F)c1. The van der Waals surface area contributed by atoms with E-state index in [0.717, 1.165) is 24.6 Å². The number of benzene rings is 1. The maximum atomic E-state index is 13.0. The van der Waals surface area contributed by atoms with Gasteiger partial charge in [0.25, 0.3) is 0 Å². The Labute approximate surface area is 111 Å². The van der Waals surface area contributed by atoms with Crippen molar-refractivity contribution in [3.05, 3.63) is 53.4 Å². The summed E-state index contributed by atoms with van der Waals surface area (Å²) in [6, 6.07) is 5.33. The molecule has 0 aliphatic rings. The van der Waals surface area contributed by atoms with Crippen LogP contribution in [0.5, 0.6) is 0 Å². The number of hydrogen-bond donors (Lipinski definition) is 1. The first-order chi connectivity index (χ1) is 9.04. The fourth-order valence-electron chi connectivity index (χ4n) is 2.11. The summed E-state index contributed by atoms with van der Waals surface area (Å²) in [5.41, 5.74) is 7.69. The van der Waals surface area contributed by atoms with Crippen LogP contribution >= 0.6 is 0 Å². The Morgan fingerprint density at radius 2 is 1.95 bits per heavy atom. The van der Waals surface area contributed by atoms with Crippen molar-refractivity contribution >= 4 is 0 Å². The zero-order valence-corrected chi connectivity index (χ0v) is 10.8. The number of aromatic nitrogens is 2. The highest BCUT2D eigenvalue weighted by molar-refractivity contribution is 5.19. The molecule has 0 spiro atoms. The summed E-state index contributed by atoms with van der Waals surface area (Å²) in [6.45, 7) is 0. The summed E-state index contributed by atoms with van der Waals surface area (Å²) in [4.78, 5) is 0. The van der Waals surface area contributed by atoms with Crippen LogP contribution in [0.4, 0.5) is 8.78 Å². The third-order valence-electron chi connectivity index (χ3n) is 3.11. The minimum Gasteiger partial charge on any atom is -0.327 e. The van der Waals surface area contributed by atoms with Crippen LogP contribution in [0.15, 0.2) is 30.5 Å². The first kappa shape index (κ1) is 13.7. The molecular formula is C14H17F2N3. The van der Waals surface area contributed by atoms with E-state index in [-0.39, 0.29) is 6.04 Å². The highest BCUT2D eigenvalue weighted by Crippen LogP contribution is 2.12. The minimum atomic E-state index is -0.561. The van der Waals surface area contributed by atoms with Gasteiger partial charge >= 0.3 is 0 Å². The molecule has 0 aliphatic heterocycles. The lowest BCUT2D eigenvalue weighted by Crippen LogP contribution is -2.24. The molecule has 2 N–H and O–H groups in total. The van der Waals surface area contributed by atoms with E-state index >= 15 is 0 Å². The van der Waals surface area contributed by atoms with Gasteiger partial charge in [-0.2, -0.15) is 5.10 Å². The number of nitrogens with two attached hydrogens (primary N) is 1. The van der Waals surface area contributed by atoms with Gasteiger partial charge in [-0.25, -0.2) is 8.78 Å². The van der Waals surface area contributed by atoms with Crippen molar-refractivity contribution in [1.29, 1.82) is 0 Å². The van der Waals surface area contributed by atoms with Crippen LogP contribution in [0.2, 0.25) is 0 Å². The van der Waals surface area contributed by atoms with Crippen LogP contribution in [-0.4, -0.2) is 15.8 Å². The molecule has 102 valence electrons. The van der Waals surface area contributed by atoms with Gasteiger partial charge in [0.2, 0.25) is 0 Å². The highest BCUT2D eigenvalue weighted by Gasteiger charge is 2.08. The average molecular weight is 265 g/mol. The van der Waals surface area contributed by atoms with E-state index in [1.165, 1.54) is 12.1 Å². The molecule has 1 atom stereocenters. The smallest absolute Gasteiger partial charge is 0.126 e. The fourth-order valence-corrected chi connectivity index (χ4v) is 2.11. The molecule has 0 saturated carbocycles. The standard InChI is InChI=1S/C14H17F2N3/c1-19-14(4-5-18-19)3-2-13(17)8-10-6-11(15)9-12(16)7-10/h4-7,9,13H,2-3,8,17H2,1H3. The summed E-state index contributed by atoms with van der Waals surface area (Å²) >= 11 is 0. The molecule has 0 aliphatic carbocycles. The highest BCUT2D eigenvalue weighted by atomic mass is 19.1. The van der Waals surface area contributed by atoms with Crippen molar-refractivity contribution in [2.45, 2.75) is 25.3 Å². The third kappa shape index (κ3) is 3.86. The Morgan fingerprint density at radius 3 is 2.53 bits per heavy atom. The maximum Gasteiger partial charge on any atom is 0.126 e. The van der Waals surface area contributed by atoms with E-state index in [2.05, 4.69) is 5.10 Å². The third-order valence-corrected chi connectivity index (χ3v) is 3.11. The Bertz CT molecular complexity index is 531. The summed E-state index contributed by atoms with van der Waals surface area (Å²) in [6.07, 6.45) is 3.75. The lowest BCUT2D eigenvalue weighted by Gasteiger charge is -2.12.